The Morgan fingerprint density at radius 2 is 2.15 bits per heavy atom. The quantitative estimate of drug-likeness (QED) is 0.517. The van der Waals surface area contributed by atoms with Crippen LogP contribution < -0.4 is 4.18 Å². The molecule has 6 heteroatoms. The van der Waals surface area contributed by atoms with Crippen LogP contribution in [0, 0.1) is 0 Å². The lowest BCUT2D eigenvalue weighted by Gasteiger charge is -2.00. The van der Waals surface area contributed by atoms with Crippen LogP contribution in [0.15, 0.2) is 18.3 Å². The van der Waals surface area contributed by atoms with Crippen LogP contribution in [0.4, 0.5) is 0 Å². The lowest BCUT2D eigenvalue weighted by molar-refractivity contribution is 0.111. The lowest BCUT2D eigenvalue weighted by Crippen LogP contribution is -2.06. The van der Waals surface area contributed by atoms with Crippen LogP contribution >= 0.6 is 0 Å². The Bertz CT molecular complexity index is 395. The van der Waals surface area contributed by atoms with Gasteiger partial charge < -0.3 is 4.18 Å². The maximum atomic E-state index is 10.6. The zero-order chi connectivity index (χ0) is 9.90. The summed E-state index contributed by atoms with van der Waals surface area (Å²) in [5, 5.41) is 0. The van der Waals surface area contributed by atoms with Crippen molar-refractivity contribution >= 4 is 16.4 Å². The fourth-order valence-corrected chi connectivity index (χ4v) is 1.13. The highest BCUT2D eigenvalue weighted by Crippen LogP contribution is 2.09. The minimum absolute atomic E-state index is 0.0908. The molecule has 0 amide bonds. The van der Waals surface area contributed by atoms with Crippen molar-refractivity contribution in [3.63, 3.8) is 0 Å². The van der Waals surface area contributed by atoms with Crippen molar-refractivity contribution in [2.24, 2.45) is 0 Å². The molecule has 13 heavy (non-hydrogen) atoms. The molecular weight excluding hydrogens is 194 g/mol. The number of nitrogens with zero attached hydrogens (tertiary/aromatic N) is 1. The second-order valence-corrected chi connectivity index (χ2v) is 3.90. The van der Waals surface area contributed by atoms with Gasteiger partial charge in [0.05, 0.1) is 12.5 Å². The Kier molecular flexibility index (Phi) is 2.62. The summed E-state index contributed by atoms with van der Waals surface area (Å²) in [7, 11) is -3.53. The first-order valence-corrected chi connectivity index (χ1v) is 5.13. The smallest absolute Gasteiger partial charge is 0.306 e. The van der Waals surface area contributed by atoms with E-state index in [-0.39, 0.29) is 11.4 Å². The number of carbonyl (C=O) groups excluding carboxylic acids is 1. The van der Waals surface area contributed by atoms with Crippen LogP contribution in [0.25, 0.3) is 0 Å². The molecule has 0 saturated heterocycles. The first-order valence-electron chi connectivity index (χ1n) is 3.32. The third-order valence-electron chi connectivity index (χ3n) is 1.13. The molecule has 0 aliphatic heterocycles. The summed E-state index contributed by atoms with van der Waals surface area (Å²) in [5.74, 6) is 0.0908. The summed E-state index contributed by atoms with van der Waals surface area (Å²) in [6.45, 7) is 0. The van der Waals surface area contributed by atoms with Crippen LogP contribution in [0.1, 0.15) is 10.5 Å². The summed E-state index contributed by atoms with van der Waals surface area (Å²) in [5.41, 5.74) is 0.223. The minimum atomic E-state index is -3.53. The normalized spacial score (nSPS) is 10.8. The largest absolute Gasteiger partial charge is 0.381 e. The van der Waals surface area contributed by atoms with E-state index in [0.717, 1.165) is 6.26 Å². The van der Waals surface area contributed by atoms with E-state index < -0.39 is 10.1 Å². The molecule has 0 atom stereocenters. The average molecular weight is 201 g/mol. The summed E-state index contributed by atoms with van der Waals surface area (Å²) in [4.78, 5) is 13.8. The molecule has 0 spiro atoms. The van der Waals surface area contributed by atoms with Crippen LogP contribution in [-0.4, -0.2) is 25.9 Å². The summed E-state index contributed by atoms with van der Waals surface area (Å²) in [6.07, 6.45) is 2.66. The second kappa shape index (κ2) is 3.53. The van der Waals surface area contributed by atoms with E-state index in [1.807, 2.05) is 0 Å². The van der Waals surface area contributed by atoms with Gasteiger partial charge in [0.1, 0.15) is 5.69 Å². The van der Waals surface area contributed by atoms with Crippen molar-refractivity contribution in [1.82, 2.24) is 4.98 Å². The molecule has 70 valence electrons. The van der Waals surface area contributed by atoms with Gasteiger partial charge in [0.2, 0.25) is 0 Å². The molecule has 0 saturated carbocycles. The molecule has 5 nitrogen and oxygen atoms in total. The first-order chi connectivity index (χ1) is 6.01. The molecule has 1 heterocycles. The van der Waals surface area contributed by atoms with E-state index in [1.54, 1.807) is 0 Å². The van der Waals surface area contributed by atoms with Gasteiger partial charge in [-0.25, -0.2) is 4.98 Å². The molecule has 1 aromatic heterocycles. The Morgan fingerprint density at radius 3 is 2.54 bits per heavy atom. The van der Waals surface area contributed by atoms with Gasteiger partial charge in [0.15, 0.2) is 12.0 Å². The Labute approximate surface area is 75.5 Å². The highest BCUT2D eigenvalue weighted by atomic mass is 32.2. The van der Waals surface area contributed by atoms with E-state index in [4.69, 9.17) is 0 Å². The molecule has 0 fully saturated rings. The molecule has 0 N–H and O–H groups in total. The van der Waals surface area contributed by atoms with Gasteiger partial charge >= 0.3 is 10.1 Å². The lowest BCUT2D eigenvalue weighted by atomic mass is 10.4. The van der Waals surface area contributed by atoms with Crippen molar-refractivity contribution in [2.45, 2.75) is 0 Å². The number of hydrogen-bond acceptors (Lipinski definition) is 5. The fraction of sp³-hybridized carbons (Fsp3) is 0.143. The van der Waals surface area contributed by atoms with Crippen molar-refractivity contribution < 1.29 is 17.4 Å². The maximum Gasteiger partial charge on any atom is 0.306 e. The minimum Gasteiger partial charge on any atom is -0.381 e. The highest BCUT2D eigenvalue weighted by Gasteiger charge is 2.03. The number of pyridine rings is 1. The predicted molar refractivity (Wildman–Crippen MR) is 45.1 cm³/mol. The number of carbonyl (C=O) groups is 1. The third kappa shape index (κ3) is 3.20. The van der Waals surface area contributed by atoms with Crippen LogP contribution in [0.5, 0.6) is 5.75 Å². The average Bonchev–Trinajstić information content (AvgIpc) is 2.03. The molecule has 0 aromatic carbocycles. The van der Waals surface area contributed by atoms with Crippen molar-refractivity contribution in [1.29, 1.82) is 0 Å². The molecule has 0 unspecified atom stereocenters. The van der Waals surface area contributed by atoms with Gasteiger partial charge in [-0.05, 0) is 12.1 Å². The van der Waals surface area contributed by atoms with E-state index in [1.165, 1.54) is 18.3 Å². The van der Waals surface area contributed by atoms with Crippen LogP contribution in [0.3, 0.4) is 0 Å². The van der Waals surface area contributed by atoms with E-state index in [9.17, 15) is 13.2 Å². The van der Waals surface area contributed by atoms with Crippen molar-refractivity contribution in [3.8, 4) is 5.75 Å². The Morgan fingerprint density at radius 1 is 1.46 bits per heavy atom. The number of hydrogen-bond donors (Lipinski definition) is 0. The van der Waals surface area contributed by atoms with Crippen LogP contribution in [0.2, 0.25) is 0 Å². The predicted octanol–water partition coefficient (Wildman–Crippen LogP) is 0.233. The summed E-state index contributed by atoms with van der Waals surface area (Å²) < 4.78 is 25.8. The molecular formula is C7H7NO4S. The highest BCUT2D eigenvalue weighted by molar-refractivity contribution is 7.86. The number of rotatable bonds is 3. The number of aromatic nitrogens is 1. The number of aldehydes is 1. The molecule has 0 bridgehead atoms. The van der Waals surface area contributed by atoms with Gasteiger partial charge in [-0.3, -0.25) is 4.79 Å². The van der Waals surface area contributed by atoms with E-state index in [2.05, 4.69) is 9.17 Å². The molecule has 0 radical (unpaired) electrons. The zero-order valence-electron chi connectivity index (χ0n) is 6.80. The van der Waals surface area contributed by atoms with Gasteiger partial charge in [0, 0.05) is 0 Å². The van der Waals surface area contributed by atoms with Gasteiger partial charge in [-0.2, -0.15) is 8.42 Å². The molecule has 1 rings (SSSR count). The van der Waals surface area contributed by atoms with Crippen molar-refractivity contribution in [2.75, 3.05) is 6.26 Å². The van der Waals surface area contributed by atoms with Gasteiger partial charge in [-0.15, -0.1) is 0 Å². The van der Waals surface area contributed by atoms with Crippen LogP contribution in [-0.2, 0) is 10.1 Å². The fourth-order valence-electron chi connectivity index (χ4n) is 0.686. The summed E-state index contributed by atoms with van der Waals surface area (Å²) >= 11 is 0. The zero-order valence-corrected chi connectivity index (χ0v) is 7.61. The first kappa shape index (κ1) is 9.66. The van der Waals surface area contributed by atoms with Gasteiger partial charge in [0.25, 0.3) is 0 Å². The summed E-state index contributed by atoms with van der Waals surface area (Å²) in [6, 6.07) is 2.73. The Hall–Kier alpha value is -1.43. The van der Waals surface area contributed by atoms with Crippen molar-refractivity contribution in [3.05, 3.63) is 24.0 Å². The SMILES string of the molecule is CS(=O)(=O)Oc1ccc(C=O)nc1. The maximum absolute atomic E-state index is 10.6. The second-order valence-electron chi connectivity index (χ2n) is 2.32. The molecule has 0 aliphatic rings. The standard InChI is InChI=1S/C7H7NO4S/c1-13(10,11)12-7-3-2-6(5-9)8-4-7/h2-5H,1H3. The topological polar surface area (TPSA) is 73.3 Å². The molecule has 0 aliphatic carbocycles. The Balaban J connectivity index is 2.87. The monoisotopic (exact) mass is 201 g/mol. The van der Waals surface area contributed by atoms with E-state index in [0.29, 0.717) is 6.29 Å². The van der Waals surface area contributed by atoms with Gasteiger partial charge in [-0.1, -0.05) is 0 Å². The molecule has 1 aromatic rings. The van der Waals surface area contributed by atoms with E-state index >= 15 is 0 Å². The third-order valence-corrected chi connectivity index (χ3v) is 1.62.